The second kappa shape index (κ2) is 9.79. The van der Waals surface area contributed by atoms with Gasteiger partial charge in [0.15, 0.2) is 11.5 Å². The number of carbonyl (C=O) groups is 2. The average Bonchev–Trinajstić information content (AvgIpc) is 3.10. The number of methoxy groups -OCH3 is 1. The number of amides is 1. The van der Waals surface area contributed by atoms with E-state index in [1.807, 2.05) is 0 Å². The molecular formula is C25H25NO7. The predicted octanol–water partition coefficient (Wildman–Crippen LogP) is 3.09. The lowest BCUT2D eigenvalue weighted by atomic mass is 9.95. The summed E-state index contributed by atoms with van der Waals surface area (Å²) in [6.07, 6.45) is 1.62. The highest BCUT2D eigenvalue weighted by Gasteiger charge is 2.46. The van der Waals surface area contributed by atoms with E-state index in [0.29, 0.717) is 48.2 Å². The summed E-state index contributed by atoms with van der Waals surface area (Å²) < 4.78 is 21.9. The van der Waals surface area contributed by atoms with Crippen molar-refractivity contribution < 1.29 is 33.6 Å². The van der Waals surface area contributed by atoms with E-state index in [1.165, 1.54) is 12.0 Å². The number of nitrogens with zero attached hydrogens (tertiary/aromatic N) is 1. The van der Waals surface area contributed by atoms with E-state index in [9.17, 15) is 14.7 Å². The smallest absolute Gasteiger partial charge is 0.295 e. The van der Waals surface area contributed by atoms with Crippen molar-refractivity contribution in [3.05, 3.63) is 71.8 Å². The SMILES string of the molecule is C=CCOc1cccc([C@@H]2/C(=C(\O)c3ccc4c(c3)OCCO4)C(=O)C(=O)N2CCOC)c1. The van der Waals surface area contributed by atoms with Crippen LogP contribution in [0.1, 0.15) is 17.2 Å². The summed E-state index contributed by atoms with van der Waals surface area (Å²) in [6, 6.07) is 11.2. The van der Waals surface area contributed by atoms with Gasteiger partial charge in [-0.05, 0) is 35.9 Å². The molecule has 2 aromatic rings. The lowest BCUT2D eigenvalue weighted by molar-refractivity contribution is -0.140. The monoisotopic (exact) mass is 451 g/mol. The minimum Gasteiger partial charge on any atom is -0.507 e. The van der Waals surface area contributed by atoms with Gasteiger partial charge in [-0.1, -0.05) is 24.8 Å². The highest BCUT2D eigenvalue weighted by molar-refractivity contribution is 6.46. The van der Waals surface area contributed by atoms with Crippen LogP contribution in [0.15, 0.2) is 60.7 Å². The summed E-state index contributed by atoms with van der Waals surface area (Å²) in [4.78, 5) is 27.4. The van der Waals surface area contributed by atoms with Crippen LogP contribution in [0, 0.1) is 0 Å². The molecule has 2 heterocycles. The molecule has 0 aliphatic carbocycles. The Hall–Kier alpha value is -3.78. The number of hydrogen-bond acceptors (Lipinski definition) is 7. The minimum atomic E-state index is -0.805. The molecule has 1 N–H and O–H groups in total. The third kappa shape index (κ3) is 4.42. The molecule has 172 valence electrons. The van der Waals surface area contributed by atoms with Crippen LogP contribution < -0.4 is 14.2 Å². The van der Waals surface area contributed by atoms with E-state index in [0.717, 1.165) is 0 Å². The molecule has 8 heteroatoms. The Morgan fingerprint density at radius 3 is 2.73 bits per heavy atom. The Morgan fingerprint density at radius 1 is 1.18 bits per heavy atom. The van der Waals surface area contributed by atoms with Gasteiger partial charge in [0.1, 0.15) is 31.3 Å². The fraction of sp³-hybridized carbons (Fsp3) is 0.280. The number of Topliss-reactive ketones (excluding diaryl/α,β-unsaturated/α-hetero) is 1. The number of hydrogen-bond donors (Lipinski definition) is 1. The molecule has 1 amide bonds. The zero-order valence-electron chi connectivity index (χ0n) is 18.3. The number of carbonyl (C=O) groups excluding carboxylic acids is 2. The molecule has 8 nitrogen and oxygen atoms in total. The highest BCUT2D eigenvalue weighted by atomic mass is 16.6. The van der Waals surface area contributed by atoms with Crippen LogP contribution in [0.5, 0.6) is 17.2 Å². The predicted molar refractivity (Wildman–Crippen MR) is 120 cm³/mol. The molecular weight excluding hydrogens is 426 g/mol. The maximum atomic E-state index is 13.1. The summed E-state index contributed by atoms with van der Waals surface area (Å²) >= 11 is 0. The quantitative estimate of drug-likeness (QED) is 0.285. The van der Waals surface area contributed by atoms with Crippen molar-refractivity contribution in [2.24, 2.45) is 0 Å². The van der Waals surface area contributed by atoms with Gasteiger partial charge < -0.3 is 29.0 Å². The van der Waals surface area contributed by atoms with E-state index >= 15 is 0 Å². The standard InChI is InChI=1S/C25H25NO7/c1-3-10-31-18-6-4-5-16(14-18)22-21(24(28)25(29)26(22)9-11-30-2)23(27)17-7-8-19-20(15-17)33-13-12-32-19/h3-8,14-15,22,27H,1,9-13H2,2H3/b23-21+/t22-/m1/s1. The Labute approximate surface area is 191 Å². The first-order chi connectivity index (χ1) is 16.0. The molecule has 2 aromatic carbocycles. The zero-order chi connectivity index (χ0) is 23.4. The first-order valence-electron chi connectivity index (χ1n) is 10.6. The maximum Gasteiger partial charge on any atom is 0.295 e. The molecule has 0 radical (unpaired) electrons. The van der Waals surface area contributed by atoms with Gasteiger partial charge in [0.25, 0.3) is 11.7 Å². The third-order valence-corrected chi connectivity index (χ3v) is 5.43. The number of aliphatic hydroxyl groups excluding tert-OH is 1. The van der Waals surface area contributed by atoms with Crippen molar-refractivity contribution in [3.63, 3.8) is 0 Å². The Balaban J connectivity index is 1.81. The van der Waals surface area contributed by atoms with E-state index in [4.69, 9.17) is 18.9 Å². The summed E-state index contributed by atoms with van der Waals surface area (Å²) in [6.45, 7) is 5.20. The van der Waals surface area contributed by atoms with Gasteiger partial charge in [0, 0.05) is 19.2 Å². The maximum absolute atomic E-state index is 13.1. The molecule has 1 atom stereocenters. The summed E-state index contributed by atoms with van der Waals surface area (Å²) in [5, 5.41) is 11.2. The van der Waals surface area contributed by atoms with E-state index in [2.05, 4.69) is 6.58 Å². The molecule has 33 heavy (non-hydrogen) atoms. The number of fused-ring (bicyclic) bond motifs is 1. The number of aliphatic hydroxyl groups is 1. The highest BCUT2D eigenvalue weighted by Crippen LogP contribution is 2.41. The molecule has 1 fully saturated rings. The summed E-state index contributed by atoms with van der Waals surface area (Å²) in [5.74, 6) is -0.163. The molecule has 1 saturated heterocycles. The molecule has 2 aliphatic heterocycles. The summed E-state index contributed by atoms with van der Waals surface area (Å²) in [7, 11) is 1.52. The van der Waals surface area contributed by atoms with Gasteiger partial charge in [0.05, 0.1) is 18.2 Å². The fourth-order valence-corrected chi connectivity index (χ4v) is 3.92. The Bertz CT molecular complexity index is 1110. The number of rotatable bonds is 8. The van der Waals surface area contributed by atoms with Gasteiger partial charge in [-0.3, -0.25) is 9.59 Å². The molecule has 0 aromatic heterocycles. The van der Waals surface area contributed by atoms with Crippen LogP contribution in [0.3, 0.4) is 0 Å². The van der Waals surface area contributed by atoms with Crippen LogP contribution in [-0.4, -0.2) is 61.8 Å². The largest absolute Gasteiger partial charge is 0.507 e. The van der Waals surface area contributed by atoms with Crippen LogP contribution >= 0.6 is 0 Å². The van der Waals surface area contributed by atoms with Gasteiger partial charge in [0.2, 0.25) is 0 Å². The topological polar surface area (TPSA) is 94.5 Å². The van der Waals surface area contributed by atoms with Gasteiger partial charge in [-0.15, -0.1) is 0 Å². The Morgan fingerprint density at radius 2 is 1.97 bits per heavy atom. The van der Waals surface area contributed by atoms with Crippen molar-refractivity contribution in [2.75, 3.05) is 40.1 Å². The molecule has 4 rings (SSSR count). The molecule has 2 aliphatic rings. The van der Waals surface area contributed by atoms with Crippen molar-refractivity contribution in [1.82, 2.24) is 4.90 Å². The number of benzene rings is 2. The van der Waals surface area contributed by atoms with Gasteiger partial charge in [-0.2, -0.15) is 0 Å². The van der Waals surface area contributed by atoms with Crippen molar-refractivity contribution in [1.29, 1.82) is 0 Å². The third-order valence-electron chi connectivity index (χ3n) is 5.43. The first kappa shape index (κ1) is 22.4. The molecule has 0 spiro atoms. The normalized spacial score (nSPS) is 18.9. The van der Waals surface area contributed by atoms with E-state index < -0.39 is 17.7 Å². The molecule has 0 bridgehead atoms. The Kier molecular flexibility index (Phi) is 6.65. The number of likely N-dealkylation sites (tertiary alicyclic amines) is 1. The second-order valence-electron chi connectivity index (χ2n) is 7.52. The lowest BCUT2D eigenvalue weighted by Gasteiger charge is -2.25. The van der Waals surface area contributed by atoms with Crippen LogP contribution in [0.2, 0.25) is 0 Å². The van der Waals surface area contributed by atoms with Crippen LogP contribution in [0.25, 0.3) is 5.76 Å². The average molecular weight is 451 g/mol. The van der Waals surface area contributed by atoms with Crippen molar-refractivity contribution >= 4 is 17.4 Å². The molecule has 0 saturated carbocycles. The van der Waals surface area contributed by atoms with Crippen LogP contribution in [-0.2, 0) is 14.3 Å². The summed E-state index contributed by atoms with van der Waals surface area (Å²) in [5.41, 5.74) is 0.979. The lowest BCUT2D eigenvalue weighted by Crippen LogP contribution is -2.32. The first-order valence-corrected chi connectivity index (χ1v) is 10.6. The van der Waals surface area contributed by atoms with E-state index in [1.54, 1.807) is 48.5 Å². The second-order valence-corrected chi connectivity index (χ2v) is 7.52. The van der Waals surface area contributed by atoms with Gasteiger partial charge in [-0.25, -0.2) is 0 Å². The zero-order valence-corrected chi connectivity index (χ0v) is 18.3. The van der Waals surface area contributed by atoms with Crippen molar-refractivity contribution in [2.45, 2.75) is 6.04 Å². The number of ketones is 1. The number of ether oxygens (including phenoxy) is 4. The molecule has 0 unspecified atom stereocenters. The fourth-order valence-electron chi connectivity index (χ4n) is 3.92. The van der Waals surface area contributed by atoms with E-state index in [-0.39, 0.29) is 24.5 Å². The minimum absolute atomic E-state index is 0.00588. The van der Waals surface area contributed by atoms with Crippen molar-refractivity contribution in [3.8, 4) is 17.2 Å². The van der Waals surface area contributed by atoms with Crippen LogP contribution in [0.4, 0.5) is 0 Å². The van der Waals surface area contributed by atoms with Gasteiger partial charge >= 0.3 is 0 Å².